The fourth-order valence-electron chi connectivity index (χ4n) is 4.93. The molecule has 0 radical (unpaired) electrons. The van der Waals surface area contributed by atoms with E-state index in [0.717, 1.165) is 0 Å². The van der Waals surface area contributed by atoms with Crippen molar-refractivity contribution in [1.82, 2.24) is 5.32 Å². The van der Waals surface area contributed by atoms with Gasteiger partial charge in [-0.05, 0) is 25.9 Å². The molecule has 15 heteroatoms. The first kappa shape index (κ1) is 29.9. The second-order valence-electron chi connectivity index (χ2n) is 9.73. The number of aliphatic hydroxyl groups excluding tert-OH is 6. The van der Waals surface area contributed by atoms with Crippen LogP contribution in [0.3, 0.4) is 0 Å². The average molecular weight is 526 g/mol. The van der Waals surface area contributed by atoms with E-state index in [9.17, 15) is 30.6 Å². The van der Waals surface area contributed by atoms with Gasteiger partial charge >= 0.3 is 0 Å². The Morgan fingerprint density at radius 3 is 1.97 bits per heavy atom. The first-order chi connectivity index (χ1) is 17.1. The second-order valence-corrected chi connectivity index (χ2v) is 9.73. The highest BCUT2D eigenvalue weighted by Crippen LogP contribution is 2.31. The summed E-state index contributed by atoms with van der Waals surface area (Å²) in [5.41, 5.74) is 23.7. The van der Waals surface area contributed by atoms with Crippen LogP contribution in [0, 0.1) is 0 Å². The van der Waals surface area contributed by atoms with Gasteiger partial charge < -0.3 is 77.8 Å². The highest BCUT2D eigenvalue weighted by Gasteiger charge is 2.50. The minimum Gasteiger partial charge on any atom is -0.394 e. The monoisotopic (exact) mass is 525 g/mol. The van der Waals surface area contributed by atoms with Gasteiger partial charge in [0.05, 0.1) is 18.8 Å². The van der Waals surface area contributed by atoms with Crippen LogP contribution in [0.25, 0.3) is 0 Å². The van der Waals surface area contributed by atoms with Crippen LogP contribution in [-0.4, -0.2) is 143 Å². The first-order valence-corrected chi connectivity index (χ1v) is 12.4. The third-order valence-corrected chi connectivity index (χ3v) is 7.05. The summed E-state index contributed by atoms with van der Waals surface area (Å²) in [5.74, 6) is 0. The van der Waals surface area contributed by atoms with Crippen molar-refractivity contribution in [2.24, 2.45) is 22.9 Å². The lowest BCUT2D eigenvalue weighted by molar-refractivity contribution is -0.317. The fourth-order valence-corrected chi connectivity index (χ4v) is 4.93. The molecule has 0 aromatic carbocycles. The quantitative estimate of drug-likeness (QED) is 0.118. The molecular formula is C21H43N5O10. The van der Waals surface area contributed by atoms with Crippen molar-refractivity contribution >= 4 is 0 Å². The van der Waals surface area contributed by atoms with E-state index in [4.69, 9.17) is 41.9 Å². The Balaban J connectivity index is 1.74. The predicted molar refractivity (Wildman–Crippen MR) is 124 cm³/mol. The van der Waals surface area contributed by atoms with Crippen LogP contribution in [0.4, 0.5) is 0 Å². The van der Waals surface area contributed by atoms with Gasteiger partial charge in [0.25, 0.3) is 0 Å². The van der Waals surface area contributed by atoms with Gasteiger partial charge in [0, 0.05) is 25.0 Å². The molecule has 3 fully saturated rings. The van der Waals surface area contributed by atoms with Crippen LogP contribution < -0.4 is 28.3 Å². The Morgan fingerprint density at radius 1 is 0.778 bits per heavy atom. The third-order valence-electron chi connectivity index (χ3n) is 7.05. The Labute approximate surface area is 209 Å². The summed E-state index contributed by atoms with van der Waals surface area (Å²) < 4.78 is 23.2. The van der Waals surface area contributed by atoms with E-state index in [1.807, 2.05) is 0 Å². The van der Waals surface area contributed by atoms with Gasteiger partial charge in [0.15, 0.2) is 12.6 Å². The summed E-state index contributed by atoms with van der Waals surface area (Å²) >= 11 is 0. The number of rotatable bonds is 10. The maximum Gasteiger partial charge on any atom is 0.184 e. The standard InChI is InChI=1S/C21H43N5O10/c22-2-1-3-26-14-16(31)15(30)12(6-23)33-21(14)36-19-9(25)4-8(24)18(17(19)32)35-20-11(29)5-10(28)13(7-27)34-20/h8-21,26-32H,1-7,22-25H2/t8-,9+,10+,11-,12-,13-,14-,15-,16-,17-,18+,19?,20-,21-/m1/s1. The zero-order chi connectivity index (χ0) is 26.6. The number of nitrogens with one attached hydrogen (secondary N) is 1. The molecule has 1 saturated carbocycles. The Hall–Kier alpha value is -0.600. The van der Waals surface area contributed by atoms with Crippen molar-refractivity contribution in [3.05, 3.63) is 0 Å². The third kappa shape index (κ3) is 6.69. The van der Waals surface area contributed by atoms with Crippen LogP contribution in [0.1, 0.15) is 19.3 Å². The minimum atomic E-state index is -1.40. The van der Waals surface area contributed by atoms with E-state index < -0.39 is 92.2 Å². The molecule has 1 aliphatic carbocycles. The molecule has 3 rings (SSSR count). The zero-order valence-electron chi connectivity index (χ0n) is 20.2. The molecule has 0 aromatic rings. The van der Waals surface area contributed by atoms with Crippen molar-refractivity contribution in [2.75, 3.05) is 26.2 Å². The molecule has 2 saturated heterocycles. The lowest BCUT2D eigenvalue weighted by Gasteiger charge is -2.48. The minimum absolute atomic E-state index is 0.0850. The van der Waals surface area contributed by atoms with Gasteiger partial charge in [-0.25, -0.2) is 0 Å². The molecule has 212 valence electrons. The number of aliphatic hydroxyl groups is 6. The van der Waals surface area contributed by atoms with Crippen LogP contribution in [0.15, 0.2) is 0 Å². The van der Waals surface area contributed by atoms with Crippen molar-refractivity contribution in [2.45, 2.75) is 105 Å². The average Bonchev–Trinajstić information content (AvgIpc) is 2.84. The zero-order valence-corrected chi connectivity index (χ0v) is 20.2. The van der Waals surface area contributed by atoms with E-state index >= 15 is 0 Å². The molecule has 0 aromatic heterocycles. The number of nitrogens with two attached hydrogens (primary N) is 4. The van der Waals surface area contributed by atoms with Crippen LogP contribution in [0.2, 0.25) is 0 Å². The van der Waals surface area contributed by atoms with Gasteiger partial charge in [-0.1, -0.05) is 0 Å². The van der Waals surface area contributed by atoms with E-state index in [2.05, 4.69) is 5.32 Å². The van der Waals surface area contributed by atoms with Gasteiger partial charge in [0.2, 0.25) is 0 Å². The molecule has 0 bridgehead atoms. The smallest absolute Gasteiger partial charge is 0.184 e. The van der Waals surface area contributed by atoms with Gasteiger partial charge in [-0.2, -0.15) is 0 Å². The Morgan fingerprint density at radius 2 is 1.39 bits per heavy atom. The molecule has 36 heavy (non-hydrogen) atoms. The first-order valence-electron chi connectivity index (χ1n) is 12.4. The molecule has 1 unspecified atom stereocenters. The lowest BCUT2D eigenvalue weighted by atomic mass is 9.84. The summed E-state index contributed by atoms with van der Waals surface area (Å²) in [6.07, 6.45) is -12.0. The summed E-state index contributed by atoms with van der Waals surface area (Å²) in [4.78, 5) is 0. The molecule has 15 nitrogen and oxygen atoms in total. The second kappa shape index (κ2) is 13.5. The maximum absolute atomic E-state index is 11.2. The van der Waals surface area contributed by atoms with Crippen LogP contribution >= 0.6 is 0 Å². The van der Waals surface area contributed by atoms with Crippen molar-refractivity contribution < 1.29 is 49.6 Å². The normalized spacial score (nSPS) is 48.2. The summed E-state index contributed by atoms with van der Waals surface area (Å²) in [6.45, 7) is 0.241. The molecular weight excluding hydrogens is 482 g/mol. The van der Waals surface area contributed by atoms with Crippen LogP contribution in [0.5, 0.6) is 0 Å². The summed E-state index contributed by atoms with van der Waals surface area (Å²) in [5, 5.41) is 64.9. The van der Waals surface area contributed by atoms with Crippen molar-refractivity contribution in [1.29, 1.82) is 0 Å². The molecule has 0 spiro atoms. The van der Waals surface area contributed by atoms with E-state index in [0.29, 0.717) is 19.5 Å². The van der Waals surface area contributed by atoms with E-state index in [-0.39, 0.29) is 19.4 Å². The van der Waals surface area contributed by atoms with E-state index in [1.54, 1.807) is 0 Å². The molecule has 0 amide bonds. The highest BCUT2D eigenvalue weighted by atomic mass is 16.7. The highest BCUT2D eigenvalue weighted by molar-refractivity contribution is 5.01. The Bertz CT molecular complexity index is 671. The number of hydrogen-bond acceptors (Lipinski definition) is 15. The van der Waals surface area contributed by atoms with Gasteiger partial charge in [-0.3, -0.25) is 0 Å². The molecule has 15 N–H and O–H groups in total. The molecule has 2 aliphatic heterocycles. The van der Waals surface area contributed by atoms with Crippen LogP contribution in [-0.2, 0) is 18.9 Å². The number of hydrogen-bond donors (Lipinski definition) is 11. The SMILES string of the molecule is NCCCN[C@H]1[C@@H](OC2[C@@H](N)C[C@@H](N)[C@H](O[C@H]3O[C@H](CO)[C@@H](O)C[C@H]3O)[C@H]2O)O[C@H](CN)[C@@H](O)[C@@H]1O. The lowest BCUT2D eigenvalue weighted by Crippen LogP contribution is -2.69. The summed E-state index contributed by atoms with van der Waals surface area (Å²) in [7, 11) is 0. The van der Waals surface area contributed by atoms with Crippen molar-refractivity contribution in [3.63, 3.8) is 0 Å². The van der Waals surface area contributed by atoms with Crippen molar-refractivity contribution in [3.8, 4) is 0 Å². The van der Waals surface area contributed by atoms with E-state index in [1.165, 1.54) is 0 Å². The topological polar surface area (TPSA) is 274 Å². The van der Waals surface area contributed by atoms with Gasteiger partial charge in [-0.15, -0.1) is 0 Å². The number of ether oxygens (including phenoxy) is 4. The van der Waals surface area contributed by atoms with Gasteiger partial charge in [0.1, 0.15) is 48.8 Å². The maximum atomic E-state index is 11.2. The fraction of sp³-hybridized carbons (Fsp3) is 1.00. The summed E-state index contributed by atoms with van der Waals surface area (Å²) in [6, 6.07) is -2.37. The predicted octanol–water partition coefficient (Wildman–Crippen LogP) is -6.28. The Kier molecular flexibility index (Phi) is 11.2. The molecule has 3 aliphatic rings. The molecule has 2 heterocycles. The largest absolute Gasteiger partial charge is 0.394 e. The molecule has 14 atom stereocenters.